The number of aryl methyl sites for hydroxylation is 1. The molecule has 0 aliphatic heterocycles. The van der Waals surface area contributed by atoms with Crippen LogP contribution in [0.25, 0.3) is 0 Å². The monoisotopic (exact) mass is 164 g/mol. The molecule has 1 rings (SSSR count). The van der Waals surface area contributed by atoms with Gasteiger partial charge in [0.05, 0.1) is 0 Å². The van der Waals surface area contributed by atoms with Gasteiger partial charge in [-0.1, -0.05) is 6.07 Å². The van der Waals surface area contributed by atoms with Gasteiger partial charge >= 0.3 is 0 Å². The van der Waals surface area contributed by atoms with Crippen LogP contribution in [0.5, 0.6) is 0 Å². The third-order valence-corrected chi connectivity index (χ3v) is 1.91. The summed E-state index contributed by atoms with van der Waals surface area (Å²) < 4.78 is 0. The standard InChI is InChI=1S/C10H16N2/c1-7-5-10(12)4-3-9(7)6-8(2)11/h3-5,8H,6,11-12H2,1-2H3. The van der Waals surface area contributed by atoms with E-state index in [9.17, 15) is 0 Å². The molecule has 12 heavy (non-hydrogen) atoms. The van der Waals surface area contributed by atoms with Gasteiger partial charge in [-0.15, -0.1) is 0 Å². The molecule has 0 saturated carbocycles. The number of hydrogen-bond donors (Lipinski definition) is 2. The summed E-state index contributed by atoms with van der Waals surface area (Å²) >= 11 is 0. The predicted octanol–water partition coefficient (Wildman–Crippen LogP) is 1.47. The molecule has 2 nitrogen and oxygen atoms in total. The summed E-state index contributed by atoms with van der Waals surface area (Å²) in [6.07, 6.45) is 0.923. The van der Waals surface area contributed by atoms with E-state index in [4.69, 9.17) is 11.5 Å². The van der Waals surface area contributed by atoms with Gasteiger partial charge in [0.25, 0.3) is 0 Å². The zero-order valence-electron chi connectivity index (χ0n) is 7.67. The predicted molar refractivity (Wildman–Crippen MR) is 52.9 cm³/mol. The second kappa shape index (κ2) is 3.59. The molecule has 1 aromatic carbocycles. The van der Waals surface area contributed by atoms with Crippen molar-refractivity contribution in [2.75, 3.05) is 5.73 Å². The maximum Gasteiger partial charge on any atom is 0.0316 e. The summed E-state index contributed by atoms with van der Waals surface area (Å²) in [5.41, 5.74) is 14.7. The van der Waals surface area contributed by atoms with Crippen molar-refractivity contribution < 1.29 is 0 Å². The van der Waals surface area contributed by atoms with Crippen LogP contribution >= 0.6 is 0 Å². The summed E-state index contributed by atoms with van der Waals surface area (Å²) in [7, 11) is 0. The van der Waals surface area contributed by atoms with Crippen molar-refractivity contribution in [3.8, 4) is 0 Å². The summed E-state index contributed by atoms with van der Waals surface area (Å²) in [6, 6.07) is 6.17. The van der Waals surface area contributed by atoms with Crippen molar-refractivity contribution in [1.29, 1.82) is 0 Å². The van der Waals surface area contributed by atoms with E-state index in [-0.39, 0.29) is 6.04 Å². The van der Waals surface area contributed by atoms with Crippen molar-refractivity contribution in [3.63, 3.8) is 0 Å². The Morgan fingerprint density at radius 2 is 2.08 bits per heavy atom. The Labute approximate surface area is 73.6 Å². The molecule has 1 aromatic rings. The second-order valence-electron chi connectivity index (χ2n) is 3.37. The molecule has 0 aliphatic carbocycles. The number of benzene rings is 1. The Hall–Kier alpha value is -1.02. The summed E-state index contributed by atoms with van der Waals surface area (Å²) in [4.78, 5) is 0. The fourth-order valence-electron chi connectivity index (χ4n) is 1.29. The van der Waals surface area contributed by atoms with Gasteiger partial charge in [0.15, 0.2) is 0 Å². The van der Waals surface area contributed by atoms with E-state index in [0.717, 1.165) is 12.1 Å². The van der Waals surface area contributed by atoms with Gasteiger partial charge in [-0.2, -0.15) is 0 Å². The average molecular weight is 164 g/mol. The van der Waals surface area contributed by atoms with Gasteiger partial charge in [0.2, 0.25) is 0 Å². The molecular weight excluding hydrogens is 148 g/mol. The fourth-order valence-corrected chi connectivity index (χ4v) is 1.29. The minimum Gasteiger partial charge on any atom is -0.399 e. The highest BCUT2D eigenvalue weighted by Gasteiger charge is 2.01. The Kier molecular flexibility index (Phi) is 2.71. The Bertz CT molecular complexity index is 267. The van der Waals surface area contributed by atoms with Crippen LogP contribution < -0.4 is 11.5 Å². The van der Waals surface area contributed by atoms with Crippen LogP contribution in [0.2, 0.25) is 0 Å². The van der Waals surface area contributed by atoms with Crippen LogP contribution in [0.3, 0.4) is 0 Å². The van der Waals surface area contributed by atoms with Crippen LogP contribution in [0.4, 0.5) is 5.69 Å². The highest BCUT2D eigenvalue weighted by Crippen LogP contribution is 2.13. The SMILES string of the molecule is Cc1cc(N)ccc1CC(C)N. The van der Waals surface area contributed by atoms with Crippen LogP contribution in [-0.2, 0) is 6.42 Å². The molecule has 0 amide bonds. The summed E-state index contributed by atoms with van der Waals surface area (Å²) in [6.45, 7) is 4.07. The van der Waals surface area contributed by atoms with Crippen molar-refractivity contribution in [2.24, 2.45) is 5.73 Å². The normalized spacial score (nSPS) is 12.9. The molecule has 4 N–H and O–H groups in total. The zero-order chi connectivity index (χ0) is 9.14. The van der Waals surface area contributed by atoms with Crippen LogP contribution in [0.15, 0.2) is 18.2 Å². The molecule has 0 aromatic heterocycles. The minimum atomic E-state index is 0.215. The number of nitrogen functional groups attached to an aromatic ring is 1. The molecule has 0 radical (unpaired) electrons. The first-order valence-electron chi connectivity index (χ1n) is 4.20. The van der Waals surface area contributed by atoms with Crippen LogP contribution in [0, 0.1) is 6.92 Å². The van der Waals surface area contributed by atoms with Crippen molar-refractivity contribution in [3.05, 3.63) is 29.3 Å². The molecule has 2 heteroatoms. The third-order valence-electron chi connectivity index (χ3n) is 1.91. The maximum absolute atomic E-state index is 5.70. The number of hydrogen-bond acceptors (Lipinski definition) is 2. The molecule has 0 spiro atoms. The van der Waals surface area contributed by atoms with Gasteiger partial charge in [-0.25, -0.2) is 0 Å². The van der Waals surface area contributed by atoms with E-state index >= 15 is 0 Å². The molecule has 0 fully saturated rings. The third kappa shape index (κ3) is 2.24. The van der Waals surface area contributed by atoms with Gasteiger partial charge in [-0.05, 0) is 43.5 Å². The lowest BCUT2D eigenvalue weighted by atomic mass is 10.0. The van der Waals surface area contributed by atoms with Crippen molar-refractivity contribution in [1.82, 2.24) is 0 Å². The maximum atomic E-state index is 5.70. The van der Waals surface area contributed by atoms with E-state index in [0.29, 0.717) is 0 Å². The highest BCUT2D eigenvalue weighted by atomic mass is 14.6. The van der Waals surface area contributed by atoms with E-state index in [2.05, 4.69) is 6.92 Å². The van der Waals surface area contributed by atoms with Crippen LogP contribution in [-0.4, -0.2) is 6.04 Å². The quantitative estimate of drug-likeness (QED) is 0.650. The molecular formula is C10H16N2. The first-order chi connectivity index (χ1) is 5.59. The Balaban J connectivity index is 2.86. The highest BCUT2D eigenvalue weighted by molar-refractivity contribution is 5.44. The van der Waals surface area contributed by atoms with Gasteiger partial charge in [-0.3, -0.25) is 0 Å². The van der Waals surface area contributed by atoms with Crippen molar-refractivity contribution >= 4 is 5.69 Å². The van der Waals surface area contributed by atoms with E-state index < -0.39 is 0 Å². The van der Waals surface area contributed by atoms with Crippen molar-refractivity contribution in [2.45, 2.75) is 26.3 Å². The van der Waals surface area contributed by atoms with E-state index in [1.54, 1.807) is 0 Å². The van der Waals surface area contributed by atoms with Crippen LogP contribution in [0.1, 0.15) is 18.1 Å². The summed E-state index contributed by atoms with van der Waals surface area (Å²) in [5, 5.41) is 0. The molecule has 0 aliphatic rings. The lowest BCUT2D eigenvalue weighted by Gasteiger charge is -2.08. The fraction of sp³-hybridized carbons (Fsp3) is 0.400. The topological polar surface area (TPSA) is 52.0 Å². The molecule has 1 unspecified atom stereocenters. The minimum absolute atomic E-state index is 0.215. The molecule has 1 atom stereocenters. The number of anilines is 1. The first kappa shape index (κ1) is 9.07. The molecule has 0 heterocycles. The Morgan fingerprint density at radius 1 is 1.42 bits per heavy atom. The van der Waals surface area contributed by atoms with Gasteiger partial charge in [0.1, 0.15) is 0 Å². The molecule has 66 valence electrons. The molecule has 0 saturated heterocycles. The first-order valence-corrected chi connectivity index (χ1v) is 4.20. The lowest BCUT2D eigenvalue weighted by Crippen LogP contribution is -2.18. The number of rotatable bonds is 2. The lowest BCUT2D eigenvalue weighted by molar-refractivity contribution is 0.735. The summed E-state index contributed by atoms with van der Waals surface area (Å²) in [5.74, 6) is 0. The number of nitrogens with two attached hydrogens (primary N) is 2. The zero-order valence-corrected chi connectivity index (χ0v) is 7.67. The Morgan fingerprint density at radius 3 is 2.58 bits per heavy atom. The smallest absolute Gasteiger partial charge is 0.0316 e. The average Bonchev–Trinajstić information content (AvgIpc) is 1.94. The van der Waals surface area contributed by atoms with E-state index in [1.807, 2.05) is 25.1 Å². The van der Waals surface area contributed by atoms with Gasteiger partial charge in [0, 0.05) is 11.7 Å². The second-order valence-corrected chi connectivity index (χ2v) is 3.37. The largest absolute Gasteiger partial charge is 0.399 e. The van der Waals surface area contributed by atoms with Gasteiger partial charge < -0.3 is 11.5 Å². The van der Waals surface area contributed by atoms with E-state index in [1.165, 1.54) is 11.1 Å². The molecule has 0 bridgehead atoms.